The molecule has 0 spiro atoms. The Kier molecular flexibility index (Phi) is 5.40. The van der Waals surface area contributed by atoms with Crippen LogP contribution in [0.1, 0.15) is 36.5 Å². The van der Waals surface area contributed by atoms with Crippen LogP contribution < -0.4 is 4.74 Å². The molecule has 15 heavy (non-hydrogen) atoms. The molecule has 0 bridgehead atoms. The van der Waals surface area contributed by atoms with Crippen molar-refractivity contribution in [2.45, 2.75) is 26.2 Å². The van der Waals surface area contributed by atoms with Crippen LogP contribution in [0.25, 0.3) is 0 Å². The molecule has 1 aromatic carbocycles. The highest BCUT2D eigenvalue weighted by molar-refractivity contribution is 9.10. The van der Waals surface area contributed by atoms with Gasteiger partial charge in [-0.05, 0) is 40.5 Å². The molecule has 0 aliphatic heterocycles. The normalized spacial score (nSPS) is 10.0. The number of halogens is 1. The highest BCUT2D eigenvalue weighted by atomic mass is 79.9. The number of unbranched alkanes of at least 4 members (excludes halogenated alkanes) is 2. The molecule has 0 unspecified atom stereocenters. The van der Waals surface area contributed by atoms with Gasteiger partial charge in [0.2, 0.25) is 0 Å². The van der Waals surface area contributed by atoms with Gasteiger partial charge in [0, 0.05) is 10.0 Å². The summed E-state index contributed by atoms with van der Waals surface area (Å²) in [7, 11) is 0. The number of benzene rings is 1. The lowest BCUT2D eigenvalue weighted by Gasteiger charge is -2.06. The third-order valence-corrected chi connectivity index (χ3v) is 2.80. The van der Waals surface area contributed by atoms with Crippen molar-refractivity contribution in [1.82, 2.24) is 0 Å². The van der Waals surface area contributed by atoms with E-state index < -0.39 is 0 Å². The molecule has 0 N–H and O–H groups in total. The van der Waals surface area contributed by atoms with E-state index >= 15 is 0 Å². The number of ether oxygens (including phenoxy) is 1. The first-order valence-corrected chi connectivity index (χ1v) is 5.94. The van der Waals surface area contributed by atoms with Crippen molar-refractivity contribution in [1.29, 1.82) is 0 Å². The Bertz CT molecular complexity index is 323. The van der Waals surface area contributed by atoms with E-state index in [-0.39, 0.29) is 0 Å². The van der Waals surface area contributed by atoms with Gasteiger partial charge < -0.3 is 4.74 Å². The maximum atomic E-state index is 10.6. The maximum absolute atomic E-state index is 10.6. The van der Waals surface area contributed by atoms with Crippen LogP contribution in [-0.4, -0.2) is 12.9 Å². The number of rotatable bonds is 6. The topological polar surface area (TPSA) is 26.3 Å². The largest absolute Gasteiger partial charge is 0.494 e. The molecule has 0 fully saturated rings. The molecule has 3 heteroatoms. The number of carbonyl (C=O) groups excluding carboxylic acids is 1. The number of hydrogen-bond acceptors (Lipinski definition) is 2. The monoisotopic (exact) mass is 270 g/mol. The minimum Gasteiger partial charge on any atom is -0.494 e. The molecular formula is C12H15BrO2. The van der Waals surface area contributed by atoms with E-state index in [0.717, 1.165) is 29.5 Å². The van der Waals surface area contributed by atoms with E-state index in [4.69, 9.17) is 4.74 Å². The van der Waals surface area contributed by atoms with Gasteiger partial charge >= 0.3 is 0 Å². The van der Waals surface area contributed by atoms with Gasteiger partial charge in [-0.1, -0.05) is 19.8 Å². The molecule has 1 rings (SSSR count). The Morgan fingerprint density at radius 3 is 2.80 bits per heavy atom. The average Bonchev–Trinajstić information content (AvgIpc) is 2.25. The summed E-state index contributed by atoms with van der Waals surface area (Å²) in [5.74, 6) is 0.809. The second-order valence-electron chi connectivity index (χ2n) is 3.36. The average molecular weight is 271 g/mol. The number of hydrogen-bond donors (Lipinski definition) is 0. The predicted octanol–water partition coefficient (Wildman–Crippen LogP) is 3.83. The van der Waals surface area contributed by atoms with Crippen molar-refractivity contribution >= 4 is 22.2 Å². The summed E-state index contributed by atoms with van der Waals surface area (Å²) in [5, 5.41) is 0. The van der Waals surface area contributed by atoms with Crippen LogP contribution in [-0.2, 0) is 0 Å². The van der Waals surface area contributed by atoms with E-state index in [9.17, 15) is 4.79 Å². The Morgan fingerprint density at radius 2 is 2.20 bits per heavy atom. The first kappa shape index (κ1) is 12.2. The third kappa shape index (κ3) is 4.04. The van der Waals surface area contributed by atoms with E-state index in [1.807, 2.05) is 12.1 Å². The minimum atomic E-state index is 0.649. The van der Waals surface area contributed by atoms with Gasteiger partial charge in [0.1, 0.15) is 5.75 Å². The predicted molar refractivity (Wildman–Crippen MR) is 64.5 cm³/mol. The summed E-state index contributed by atoms with van der Waals surface area (Å²) in [6, 6.07) is 5.41. The Labute approximate surface area is 98.8 Å². The molecule has 0 aromatic heterocycles. The summed E-state index contributed by atoms with van der Waals surface area (Å²) in [5.41, 5.74) is 0.649. The fraction of sp³-hybridized carbons (Fsp3) is 0.417. The zero-order valence-electron chi connectivity index (χ0n) is 8.83. The van der Waals surface area contributed by atoms with Crippen LogP contribution in [0.3, 0.4) is 0 Å². The summed E-state index contributed by atoms with van der Waals surface area (Å²) in [4.78, 5) is 10.6. The van der Waals surface area contributed by atoms with Crippen molar-refractivity contribution in [3.63, 3.8) is 0 Å². The third-order valence-electron chi connectivity index (χ3n) is 2.12. The Morgan fingerprint density at radius 1 is 1.40 bits per heavy atom. The van der Waals surface area contributed by atoms with Gasteiger partial charge in [-0.25, -0.2) is 0 Å². The molecule has 2 nitrogen and oxygen atoms in total. The van der Waals surface area contributed by atoms with Gasteiger partial charge in [0.25, 0.3) is 0 Å². The summed E-state index contributed by atoms with van der Waals surface area (Å²) in [6.45, 7) is 2.90. The minimum absolute atomic E-state index is 0.649. The first-order chi connectivity index (χ1) is 7.27. The lowest BCUT2D eigenvalue weighted by Crippen LogP contribution is -1.97. The molecule has 1 aromatic rings. The summed E-state index contributed by atoms with van der Waals surface area (Å²) < 4.78 is 6.33. The molecular weight excluding hydrogens is 256 g/mol. The lowest BCUT2D eigenvalue weighted by molar-refractivity contribution is 0.112. The van der Waals surface area contributed by atoms with E-state index in [0.29, 0.717) is 5.56 Å². The van der Waals surface area contributed by atoms with Crippen LogP contribution >= 0.6 is 15.9 Å². The van der Waals surface area contributed by atoms with E-state index in [1.54, 1.807) is 6.07 Å². The summed E-state index contributed by atoms with van der Waals surface area (Å²) in [6.07, 6.45) is 4.28. The zero-order valence-corrected chi connectivity index (χ0v) is 10.4. The second kappa shape index (κ2) is 6.62. The zero-order chi connectivity index (χ0) is 11.1. The fourth-order valence-electron chi connectivity index (χ4n) is 1.24. The van der Waals surface area contributed by atoms with Crippen LogP contribution in [0.2, 0.25) is 0 Å². The van der Waals surface area contributed by atoms with E-state index in [2.05, 4.69) is 22.9 Å². The Balaban J connectivity index is 2.48. The first-order valence-electron chi connectivity index (χ1n) is 5.15. The van der Waals surface area contributed by atoms with Crippen LogP contribution in [0.4, 0.5) is 0 Å². The quantitative estimate of drug-likeness (QED) is 0.580. The van der Waals surface area contributed by atoms with Gasteiger partial charge in [0.15, 0.2) is 6.29 Å². The van der Waals surface area contributed by atoms with Crippen LogP contribution in [0.5, 0.6) is 5.75 Å². The van der Waals surface area contributed by atoms with Gasteiger partial charge in [-0.2, -0.15) is 0 Å². The molecule has 0 saturated carbocycles. The molecule has 0 saturated heterocycles. The molecule has 82 valence electrons. The number of carbonyl (C=O) groups is 1. The molecule has 0 aliphatic rings. The van der Waals surface area contributed by atoms with Crippen LogP contribution in [0, 0.1) is 0 Å². The molecule has 0 atom stereocenters. The van der Waals surface area contributed by atoms with Gasteiger partial charge in [-0.3, -0.25) is 4.79 Å². The lowest BCUT2D eigenvalue weighted by atomic mass is 10.2. The summed E-state index contributed by atoms with van der Waals surface area (Å²) >= 11 is 3.32. The van der Waals surface area contributed by atoms with Crippen molar-refractivity contribution in [2.75, 3.05) is 6.61 Å². The fourth-order valence-corrected chi connectivity index (χ4v) is 1.69. The smallest absolute Gasteiger partial charge is 0.151 e. The maximum Gasteiger partial charge on any atom is 0.151 e. The van der Waals surface area contributed by atoms with Crippen molar-refractivity contribution in [2.24, 2.45) is 0 Å². The van der Waals surface area contributed by atoms with Crippen molar-refractivity contribution < 1.29 is 9.53 Å². The SMILES string of the molecule is CCCCCOc1ccc(C=O)c(Br)c1. The van der Waals surface area contributed by atoms with Crippen LogP contribution in [0.15, 0.2) is 22.7 Å². The highest BCUT2D eigenvalue weighted by Gasteiger charge is 2.00. The number of aldehydes is 1. The van der Waals surface area contributed by atoms with Gasteiger partial charge in [-0.15, -0.1) is 0 Å². The molecule has 0 radical (unpaired) electrons. The molecule has 0 amide bonds. The van der Waals surface area contributed by atoms with Crippen molar-refractivity contribution in [3.8, 4) is 5.75 Å². The highest BCUT2D eigenvalue weighted by Crippen LogP contribution is 2.22. The second-order valence-corrected chi connectivity index (χ2v) is 4.21. The Hall–Kier alpha value is -0.830. The molecule has 0 aliphatic carbocycles. The van der Waals surface area contributed by atoms with Crippen molar-refractivity contribution in [3.05, 3.63) is 28.2 Å². The van der Waals surface area contributed by atoms with Gasteiger partial charge in [0.05, 0.1) is 6.61 Å². The molecule has 0 heterocycles. The van der Waals surface area contributed by atoms with E-state index in [1.165, 1.54) is 12.8 Å². The standard InChI is InChI=1S/C12H15BrO2/c1-2-3-4-7-15-11-6-5-10(9-14)12(13)8-11/h5-6,8-9H,2-4,7H2,1H3.